The maximum Gasteiger partial charge on any atom is 0.124 e. The minimum Gasteiger partial charge on any atom is -0.507 e. The predicted octanol–water partition coefficient (Wildman–Crippen LogP) is 4.33. The normalized spacial score (nSPS) is 10.2. The third-order valence-electron chi connectivity index (χ3n) is 2.75. The zero-order valence-electron chi connectivity index (χ0n) is 8.14. The van der Waals surface area contributed by atoms with Gasteiger partial charge in [-0.1, -0.05) is 56.0 Å². The number of benzene rings is 3. The summed E-state index contributed by atoms with van der Waals surface area (Å²) in [5, 5.41) is 14.2. The van der Waals surface area contributed by atoms with E-state index in [2.05, 4.69) is 6.07 Å². The van der Waals surface area contributed by atoms with E-state index in [0.29, 0.717) is 5.75 Å². The highest BCUT2D eigenvalue weighted by Crippen LogP contribution is 2.32. The molecule has 0 spiro atoms. The van der Waals surface area contributed by atoms with E-state index in [-0.39, 0.29) is 7.43 Å². The Labute approximate surface area is 95.0 Å². The lowest BCUT2D eigenvalue weighted by Crippen LogP contribution is -1.77. The Morgan fingerprint density at radius 2 is 1.25 bits per heavy atom. The Morgan fingerprint density at radius 1 is 0.688 bits per heavy atom. The van der Waals surface area contributed by atoms with E-state index in [1.165, 1.54) is 5.39 Å². The molecule has 3 aromatic rings. The molecule has 80 valence electrons. The maximum absolute atomic E-state index is 9.87. The van der Waals surface area contributed by atoms with Crippen molar-refractivity contribution in [1.82, 2.24) is 0 Å². The molecule has 1 nitrogen and oxygen atoms in total. The standard InChI is InChI=1S/C14H10O.CH4/c15-14-9-10-5-1-2-6-11(10)12-7-3-4-8-13(12)14;/h1-9,15H;1H4. The van der Waals surface area contributed by atoms with Crippen molar-refractivity contribution in [3.05, 3.63) is 54.6 Å². The van der Waals surface area contributed by atoms with Gasteiger partial charge in [0, 0.05) is 5.39 Å². The lowest BCUT2D eigenvalue weighted by Gasteiger charge is -2.05. The van der Waals surface area contributed by atoms with Gasteiger partial charge in [0.1, 0.15) is 5.75 Å². The van der Waals surface area contributed by atoms with Gasteiger partial charge in [-0.3, -0.25) is 0 Å². The van der Waals surface area contributed by atoms with Gasteiger partial charge in [0.15, 0.2) is 0 Å². The van der Waals surface area contributed by atoms with Crippen molar-refractivity contribution in [2.45, 2.75) is 7.43 Å². The number of hydrogen-bond donors (Lipinski definition) is 1. The summed E-state index contributed by atoms with van der Waals surface area (Å²) in [6.07, 6.45) is 0. The number of hydrogen-bond acceptors (Lipinski definition) is 1. The Hall–Kier alpha value is -2.02. The first kappa shape index (κ1) is 10.5. The van der Waals surface area contributed by atoms with Crippen LogP contribution >= 0.6 is 0 Å². The van der Waals surface area contributed by atoms with Crippen LogP contribution in [0.3, 0.4) is 0 Å². The fourth-order valence-corrected chi connectivity index (χ4v) is 2.03. The van der Waals surface area contributed by atoms with Gasteiger partial charge in [-0.25, -0.2) is 0 Å². The summed E-state index contributed by atoms with van der Waals surface area (Å²) < 4.78 is 0. The summed E-state index contributed by atoms with van der Waals surface area (Å²) in [6.45, 7) is 0. The van der Waals surface area contributed by atoms with Gasteiger partial charge in [-0.15, -0.1) is 0 Å². The number of fused-ring (bicyclic) bond motifs is 3. The van der Waals surface area contributed by atoms with Crippen molar-refractivity contribution < 1.29 is 5.11 Å². The van der Waals surface area contributed by atoms with Gasteiger partial charge < -0.3 is 5.11 Å². The molecule has 0 amide bonds. The summed E-state index contributed by atoms with van der Waals surface area (Å²) in [5.74, 6) is 0.351. The first-order valence-electron chi connectivity index (χ1n) is 4.96. The average molecular weight is 210 g/mol. The molecule has 0 bridgehead atoms. The second-order valence-corrected chi connectivity index (χ2v) is 3.66. The quantitative estimate of drug-likeness (QED) is 0.547. The van der Waals surface area contributed by atoms with Crippen LogP contribution in [-0.4, -0.2) is 5.11 Å². The fourth-order valence-electron chi connectivity index (χ4n) is 2.03. The molecule has 0 radical (unpaired) electrons. The Balaban J connectivity index is 0.000000963. The molecule has 3 rings (SSSR count). The van der Waals surface area contributed by atoms with Crippen LogP contribution in [-0.2, 0) is 0 Å². The van der Waals surface area contributed by atoms with Crippen LogP contribution < -0.4 is 0 Å². The third kappa shape index (κ3) is 1.41. The molecule has 0 saturated heterocycles. The van der Waals surface area contributed by atoms with E-state index in [1.54, 1.807) is 0 Å². The number of phenolic OH excluding ortho intramolecular Hbond substituents is 1. The van der Waals surface area contributed by atoms with Crippen molar-refractivity contribution >= 4 is 21.5 Å². The molecule has 1 N–H and O–H groups in total. The van der Waals surface area contributed by atoms with Gasteiger partial charge in [-0.2, -0.15) is 0 Å². The molecule has 0 aliphatic carbocycles. The Morgan fingerprint density at radius 3 is 2.00 bits per heavy atom. The predicted molar refractivity (Wildman–Crippen MR) is 69.8 cm³/mol. The lowest BCUT2D eigenvalue weighted by molar-refractivity contribution is 0.482. The number of phenols is 1. The van der Waals surface area contributed by atoms with E-state index in [1.807, 2.05) is 48.5 Å². The minimum absolute atomic E-state index is 0. The molecular formula is C15H14O. The first-order chi connectivity index (χ1) is 7.36. The van der Waals surface area contributed by atoms with E-state index >= 15 is 0 Å². The topological polar surface area (TPSA) is 20.2 Å². The van der Waals surface area contributed by atoms with Crippen molar-refractivity contribution in [3.8, 4) is 5.75 Å². The Kier molecular flexibility index (Phi) is 2.53. The molecule has 16 heavy (non-hydrogen) atoms. The second kappa shape index (κ2) is 3.86. The summed E-state index contributed by atoms with van der Waals surface area (Å²) in [6, 6.07) is 17.8. The fraction of sp³-hybridized carbons (Fsp3) is 0.0667. The first-order valence-corrected chi connectivity index (χ1v) is 4.96. The van der Waals surface area contributed by atoms with Crippen molar-refractivity contribution in [1.29, 1.82) is 0 Å². The molecule has 0 aromatic heterocycles. The molecule has 0 unspecified atom stereocenters. The lowest BCUT2D eigenvalue weighted by atomic mass is 10.0. The molecule has 0 atom stereocenters. The van der Waals surface area contributed by atoms with Gasteiger partial charge in [0.2, 0.25) is 0 Å². The second-order valence-electron chi connectivity index (χ2n) is 3.66. The molecular weight excluding hydrogens is 196 g/mol. The molecule has 0 saturated carbocycles. The van der Waals surface area contributed by atoms with Crippen LogP contribution in [0.25, 0.3) is 21.5 Å². The van der Waals surface area contributed by atoms with Crippen LogP contribution in [0.5, 0.6) is 5.75 Å². The highest BCUT2D eigenvalue weighted by atomic mass is 16.3. The van der Waals surface area contributed by atoms with Crippen LogP contribution in [0.4, 0.5) is 0 Å². The zero-order valence-corrected chi connectivity index (χ0v) is 8.14. The average Bonchev–Trinajstić information content (AvgIpc) is 2.30. The zero-order chi connectivity index (χ0) is 10.3. The number of rotatable bonds is 0. The van der Waals surface area contributed by atoms with Crippen LogP contribution in [0.2, 0.25) is 0 Å². The minimum atomic E-state index is 0. The Bertz CT molecular complexity index is 641. The third-order valence-corrected chi connectivity index (χ3v) is 2.75. The van der Waals surface area contributed by atoms with E-state index in [0.717, 1.165) is 16.2 Å². The molecule has 0 aliphatic heterocycles. The molecule has 0 fully saturated rings. The maximum atomic E-state index is 9.87. The van der Waals surface area contributed by atoms with Crippen LogP contribution in [0.1, 0.15) is 7.43 Å². The summed E-state index contributed by atoms with van der Waals surface area (Å²) in [5.41, 5.74) is 0. The number of aromatic hydroxyl groups is 1. The largest absolute Gasteiger partial charge is 0.507 e. The van der Waals surface area contributed by atoms with E-state index < -0.39 is 0 Å². The van der Waals surface area contributed by atoms with Crippen molar-refractivity contribution in [2.75, 3.05) is 0 Å². The van der Waals surface area contributed by atoms with Gasteiger partial charge in [0.05, 0.1) is 0 Å². The van der Waals surface area contributed by atoms with Gasteiger partial charge >= 0.3 is 0 Å². The van der Waals surface area contributed by atoms with E-state index in [9.17, 15) is 5.11 Å². The molecule has 0 heterocycles. The highest BCUT2D eigenvalue weighted by Gasteiger charge is 2.03. The summed E-state index contributed by atoms with van der Waals surface area (Å²) in [7, 11) is 0. The summed E-state index contributed by atoms with van der Waals surface area (Å²) >= 11 is 0. The molecule has 3 aromatic carbocycles. The SMILES string of the molecule is C.Oc1cc2ccccc2c2ccccc12. The molecule has 1 heteroatoms. The summed E-state index contributed by atoms with van der Waals surface area (Å²) in [4.78, 5) is 0. The van der Waals surface area contributed by atoms with Crippen LogP contribution in [0.15, 0.2) is 54.6 Å². The van der Waals surface area contributed by atoms with E-state index in [4.69, 9.17) is 0 Å². The smallest absolute Gasteiger partial charge is 0.124 e. The van der Waals surface area contributed by atoms with Crippen molar-refractivity contribution in [2.24, 2.45) is 0 Å². The van der Waals surface area contributed by atoms with Gasteiger partial charge in [0.25, 0.3) is 0 Å². The highest BCUT2D eigenvalue weighted by molar-refractivity contribution is 6.10. The molecule has 0 aliphatic rings. The van der Waals surface area contributed by atoms with Crippen molar-refractivity contribution in [3.63, 3.8) is 0 Å². The van der Waals surface area contributed by atoms with Crippen LogP contribution in [0, 0.1) is 0 Å². The monoisotopic (exact) mass is 210 g/mol. The van der Waals surface area contributed by atoms with Gasteiger partial charge in [-0.05, 0) is 22.2 Å².